The third kappa shape index (κ3) is 3.72. The highest BCUT2D eigenvalue weighted by molar-refractivity contribution is 6.03. The van der Waals surface area contributed by atoms with Gasteiger partial charge in [-0.3, -0.25) is 9.79 Å². The number of aromatic nitrogens is 1. The smallest absolute Gasteiger partial charge is 0.286 e. The summed E-state index contributed by atoms with van der Waals surface area (Å²) in [7, 11) is 0. The summed E-state index contributed by atoms with van der Waals surface area (Å²) in [5, 5.41) is 19.3. The van der Waals surface area contributed by atoms with Crippen molar-refractivity contribution < 1.29 is 10.3 Å². The van der Waals surface area contributed by atoms with Gasteiger partial charge in [0, 0.05) is 6.07 Å². The first kappa shape index (κ1) is 19.8. The van der Waals surface area contributed by atoms with E-state index in [0.29, 0.717) is 28.2 Å². The summed E-state index contributed by atoms with van der Waals surface area (Å²) in [6, 6.07) is 8.26. The van der Waals surface area contributed by atoms with Crippen LogP contribution in [0.25, 0.3) is 0 Å². The van der Waals surface area contributed by atoms with Crippen molar-refractivity contribution in [3.05, 3.63) is 51.8 Å². The van der Waals surface area contributed by atoms with Gasteiger partial charge in [0.05, 0.1) is 22.6 Å². The number of para-hydroxylation sites is 2. The van der Waals surface area contributed by atoms with Crippen LogP contribution in [0.3, 0.4) is 0 Å². The maximum Gasteiger partial charge on any atom is 0.286 e. The third-order valence-corrected chi connectivity index (χ3v) is 2.95. The highest BCUT2D eigenvalue weighted by Crippen LogP contribution is 2.25. The quantitative estimate of drug-likeness (QED) is 0.442. The van der Waals surface area contributed by atoms with Gasteiger partial charge in [0.25, 0.3) is 5.56 Å². The first-order chi connectivity index (χ1) is 9.41. The molecule has 0 aliphatic rings. The lowest BCUT2D eigenvalue weighted by Crippen LogP contribution is -2.20. The zero-order valence-electron chi connectivity index (χ0n) is 12.0. The lowest BCUT2D eigenvalue weighted by molar-refractivity contribution is 0.143. The van der Waals surface area contributed by atoms with Gasteiger partial charge in [-0.15, -0.1) is 29.5 Å². The number of aromatic hydroxyl groups is 1. The molecular weight excluding hydrogens is 329 g/mol. The molecule has 0 saturated carbocycles. The van der Waals surface area contributed by atoms with Crippen LogP contribution >= 0.6 is 24.8 Å². The van der Waals surface area contributed by atoms with Crippen molar-refractivity contribution in [1.29, 1.82) is 0 Å². The fourth-order valence-corrected chi connectivity index (χ4v) is 1.98. The molecule has 6 nitrogen and oxygen atoms in total. The van der Waals surface area contributed by atoms with E-state index >= 15 is 0 Å². The molecule has 0 aliphatic carbocycles. The number of rotatable bonds is 2. The topological polar surface area (TPSA) is 101 Å². The number of nitrogens with two attached hydrogens (primary N) is 1. The van der Waals surface area contributed by atoms with Gasteiger partial charge in [0.15, 0.2) is 0 Å². The van der Waals surface area contributed by atoms with E-state index in [4.69, 9.17) is 5.73 Å². The third-order valence-electron chi connectivity index (χ3n) is 2.95. The normalized spacial score (nSPS) is 10.5. The number of nitrogens with zero attached hydrogens (tertiary/aromatic N) is 2. The fourth-order valence-electron chi connectivity index (χ4n) is 1.98. The summed E-state index contributed by atoms with van der Waals surface area (Å²) < 4.78 is 0.190. The van der Waals surface area contributed by atoms with Crippen molar-refractivity contribution in [2.75, 3.05) is 5.73 Å². The summed E-state index contributed by atoms with van der Waals surface area (Å²) in [6.45, 7) is 3.32. The lowest BCUT2D eigenvalue weighted by atomic mass is 10.1. The second-order valence-electron chi connectivity index (χ2n) is 4.43. The second kappa shape index (κ2) is 7.72. The molecule has 0 unspecified atom stereocenters. The van der Waals surface area contributed by atoms with Crippen LogP contribution < -0.4 is 11.3 Å². The fraction of sp³-hybridized carbons (Fsp3) is 0.143. The van der Waals surface area contributed by atoms with Crippen LogP contribution in [-0.2, 0) is 0 Å². The molecule has 0 bridgehead atoms. The molecule has 1 aromatic heterocycles. The Morgan fingerprint density at radius 1 is 1.27 bits per heavy atom. The van der Waals surface area contributed by atoms with Gasteiger partial charge in [0.1, 0.15) is 0 Å². The number of pyridine rings is 1. The number of halogens is 2. The number of aliphatic imine (C=N–C) groups is 1. The number of aryl methyl sites for hydroxylation is 1. The number of nitrogen functional groups attached to an aromatic ring is 1. The summed E-state index contributed by atoms with van der Waals surface area (Å²) >= 11 is 0. The molecular formula is C14H17Cl2N3O3. The summed E-state index contributed by atoms with van der Waals surface area (Å²) in [5.74, 6) is -0.536. The average Bonchev–Trinajstić information content (AvgIpc) is 2.39. The number of anilines is 1. The number of hydrogen-bond acceptors (Lipinski definition) is 5. The van der Waals surface area contributed by atoms with Gasteiger partial charge >= 0.3 is 0 Å². The molecule has 0 aliphatic heterocycles. The zero-order valence-corrected chi connectivity index (χ0v) is 13.6. The van der Waals surface area contributed by atoms with Crippen molar-refractivity contribution in [2.24, 2.45) is 4.99 Å². The molecule has 1 heterocycles. The SMILES string of the molecule is CC(=Nc1ccccc1N)c1c(C)cc(=O)n(O)c1O.Cl.Cl. The Balaban J connectivity index is 0.00000220. The number of benzene rings is 1. The molecule has 8 heteroatoms. The van der Waals surface area contributed by atoms with Crippen molar-refractivity contribution >= 4 is 41.9 Å². The largest absolute Gasteiger partial charge is 0.492 e. The molecule has 2 rings (SSSR count). The molecule has 22 heavy (non-hydrogen) atoms. The Morgan fingerprint density at radius 2 is 1.86 bits per heavy atom. The van der Waals surface area contributed by atoms with Gasteiger partial charge in [-0.1, -0.05) is 12.1 Å². The monoisotopic (exact) mass is 345 g/mol. The minimum absolute atomic E-state index is 0. The van der Waals surface area contributed by atoms with Crippen LogP contribution in [0.2, 0.25) is 0 Å². The second-order valence-corrected chi connectivity index (χ2v) is 4.43. The number of hydrogen-bond donors (Lipinski definition) is 3. The molecule has 2 aromatic rings. The average molecular weight is 346 g/mol. The highest BCUT2D eigenvalue weighted by atomic mass is 35.5. The van der Waals surface area contributed by atoms with E-state index in [2.05, 4.69) is 4.99 Å². The summed E-state index contributed by atoms with van der Waals surface area (Å²) in [4.78, 5) is 15.7. The predicted molar refractivity (Wildman–Crippen MR) is 91.5 cm³/mol. The molecule has 0 atom stereocenters. The van der Waals surface area contributed by atoms with Crippen LogP contribution in [0, 0.1) is 6.92 Å². The minimum Gasteiger partial charge on any atom is -0.492 e. The van der Waals surface area contributed by atoms with E-state index in [1.165, 1.54) is 6.07 Å². The van der Waals surface area contributed by atoms with E-state index in [1.54, 1.807) is 38.1 Å². The zero-order chi connectivity index (χ0) is 14.9. The molecule has 0 fully saturated rings. The van der Waals surface area contributed by atoms with Crippen LogP contribution in [0.1, 0.15) is 18.1 Å². The van der Waals surface area contributed by atoms with E-state index in [9.17, 15) is 15.1 Å². The van der Waals surface area contributed by atoms with Gasteiger partial charge in [0.2, 0.25) is 5.88 Å². The Labute approximate surface area is 139 Å². The maximum absolute atomic E-state index is 11.3. The molecule has 120 valence electrons. The van der Waals surface area contributed by atoms with Crippen molar-refractivity contribution in [1.82, 2.24) is 4.73 Å². The van der Waals surface area contributed by atoms with Gasteiger partial charge in [-0.2, -0.15) is 0 Å². The Morgan fingerprint density at radius 3 is 2.45 bits per heavy atom. The van der Waals surface area contributed by atoms with Gasteiger partial charge in [-0.25, -0.2) is 0 Å². The van der Waals surface area contributed by atoms with Crippen LogP contribution in [0.4, 0.5) is 11.4 Å². The standard InChI is InChI=1S/C14H15N3O3.2ClH/c1-8-7-12(18)17(20)14(19)13(8)9(2)16-11-6-4-3-5-10(11)15;;/h3-7,19-20H,15H2,1-2H3;2*1H. The van der Waals surface area contributed by atoms with Crippen LogP contribution in [0.5, 0.6) is 5.88 Å². The van der Waals surface area contributed by atoms with E-state index in [-0.39, 0.29) is 29.5 Å². The molecule has 0 saturated heterocycles. The summed E-state index contributed by atoms with van der Waals surface area (Å²) in [6.07, 6.45) is 0. The maximum atomic E-state index is 11.3. The first-order valence-electron chi connectivity index (χ1n) is 5.97. The Bertz CT molecular complexity index is 757. The van der Waals surface area contributed by atoms with Gasteiger partial charge < -0.3 is 16.0 Å². The van der Waals surface area contributed by atoms with E-state index < -0.39 is 11.4 Å². The molecule has 0 radical (unpaired) electrons. The van der Waals surface area contributed by atoms with E-state index in [1.807, 2.05) is 0 Å². The Hall–Kier alpha value is -2.18. The van der Waals surface area contributed by atoms with Crippen molar-refractivity contribution in [3.8, 4) is 5.88 Å². The highest BCUT2D eigenvalue weighted by Gasteiger charge is 2.15. The van der Waals surface area contributed by atoms with Crippen LogP contribution in [-0.4, -0.2) is 20.8 Å². The van der Waals surface area contributed by atoms with Crippen molar-refractivity contribution in [3.63, 3.8) is 0 Å². The molecule has 4 N–H and O–H groups in total. The first-order valence-corrected chi connectivity index (χ1v) is 5.97. The minimum atomic E-state index is -0.698. The van der Waals surface area contributed by atoms with Crippen molar-refractivity contribution in [2.45, 2.75) is 13.8 Å². The molecule has 1 aromatic carbocycles. The predicted octanol–water partition coefficient (Wildman–Crippen LogP) is 2.67. The van der Waals surface area contributed by atoms with Gasteiger partial charge in [-0.05, 0) is 31.5 Å². The Kier molecular flexibility index (Phi) is 6.96. The molecule has 0 amide bonds. The molecule has 0 spiro atoms. The van der Waals surface area contributed by atoms with E-state index in [0.717, 1.165) is 0 Å². The lowest BCUT2D eigenvalue weighted by Gasteiger charge is -2.10. The van der Waals surface area contributed by atoms with Crippen LogP contribution in [0.15, 0.2) is 40.1 Å². The summed E-state index contributed by atoms with van der Waals surface area (Å²) in [5.41, 5.74) is 7.43.